The first-order valence-electron chi connectivity index (χ1n) is 7.61. The van der Waals surface area contributed by atoms with Crippen molar-refractivity contribution in [2.24, 2.45) is 0 Å². The molecule has 1 amide bonds. The number of nitrogens with one attached hydrogen (secondary N) is 1. The SMILES string of the molecule is Cc1ccc(NC(=O)/C(C#N)=C\c2cnc3ccc(Br)cn23)c(C)c1. The molecule has 25 heavy (non-hydrogen) atoms. The molecule has 1 aromatic carbocycles. The van der Waals surface area contributed by atoms with E-state index in [1.165, 1.54) is 6.08 Å². The largest absolute Gasteiger partial charge is 0.321 e. The molecule has 0 radical (unpaired) electrons. The number of anilines is 1. The molecule has 1 N–H and O–H groups in total. The number of benzene rings is 1. The second kappa shape index (κ2) is 6.91. The van der Waals surface area contributed by atoms with Crippen molar-refractivity contribution < 1.29 is 4.79 Å². The fourth-order valence-corrected chi connectivity index (χ4v) is 2.86. The lowest BCUT2D eigenvalue weighted by Crippen LogP contribution is -2.14. The van der Waals surface area contributed by atoms with Crippen molar-refractivity contribution in [3.05, 3.63) is 69.6 Å². The average Bonchev–Trinajstić information content (AvgIpc) is 2.97. The van der Waals surface area contributed by atoms with E-state index >= 15 is 0 Å². The number of carbonyl (C=O) groups is 1. The van der Waals surface area contributed by atoms with Crippen molar-refractivity contribution in [1.29, 1.82) is 5.26 Å². The second-order valence-electron chi connectivity index (χ2n) is 5.70. The molecule has 3 rings (SSSR count). The summed E-state index contributed by atoms with van der Waals surface area (Å²) >= 11 is 3.41. The van der Waals surface area contributed by atoms with Crippen LogP contribution >= 0.6 is 15.9 Å². The summed E-state index contributed by atoms with van der Waals surface area (Å²) < 4.78 is 2.69. The molecule has 3 aromatic rings. The van der Waals surface area contributed by atoms with Gasteiger partial charge in [-0.2, -0.15) is 5.26 Å². The van der Waals surface area contributed by atoms with Crippen LogP contribution < -0.4 is 5.32 Å². The van der Waals surface area contributed by atoms with E-state index < -0.39 is 5.91 Å². The molecule has 5 nitrogen and oxygen atoms in total. The normalized spacial score (nSPS) is 11.4. The molecule has 0 saturated carbocycles. The van der Waals surface area contributed by atoms with Gasteiger partial charge in [0, 0.05) is 16.4 Å². The molecule has 2 aromatic heterocycles. The first-order valence-corrected chi connectivity index (χ1v) is 8.40. The molecular formula is C19H15BrN4O. The van der Waals surface area contributed by atoms with Crippen LogP contribution in [0.1, 0.15) is 16.8 Å². The van der Waals surface area contributed by atoms with Gasteiger partial charge in [0.05, 0.1) is 11.9 Å². The number of hydrogen-bond acceptors (Lipinski definition) is 3. The van der Waals surface area contributed by atoms with E-state index in [0.29, 0.717) is 11.4 Å². The van der Waals surface area contributed by atoms with Gasteiger partial charge in [-0.05, 0) is 59.6 Å². The lowest BCUT2D eigenvalue weighted by Gasteiger charge is -2.08. The molecule has 0 bridgehead atoms. The Bertz CT molecular complexity index is 1040. The van der Waals surface area contributed by atoms with Crippen LogP contribution in [-0.4, -0.2) is 15.3 Å². The number of rotatable bonds is 3. The molecule has 6 heteroatoms. The predicted octanol–water partition coefficient (Wildman–Crippen LogP) is 4.26. The number of halogens is 1. The highest BCUT2D eigenvalue weighted by Crippen LogP contribution is 2.19. The Balaban J connectivity index is 1.93. The number of aromatic nitrogens is 2. The number of hydrogen-bond donors (Lipinski definition) is 1. The molecule has 2 heterocycles. The minimum absolute atomic E-state index is 0.0155. The van der Waals surface area contributed by atoms with Gasteiger partial charge < -0.3 is 5.32 Å². The maximum Gasteiger partial charge on any atom is 0.266 e. The van der Waals surface area contributed by atoms with Gasteiger partial charge in [-0.15, -0.1) is 0 Å². The first-order chi connectivity index (χ1) is 12.0. The Morgan fingerprint density at radius 2 is 2.12 bits per heavy atom. The van der Waals surface area contributed by atoms with E-state index in [-0.39, 0.29) is 5.57 Å². The molecule has 0 fully saturated rings. The zero-order valence-electron chi connectivity index (χ0n) is 13.7. The van der Waals surface area contributed by atoms with E-state index in [9.17, 15) is 10.1 Å². The third kappa shape index (κ3) is 3.62. The Hall–Kier alpha value is -2.91. The number of carbonyl (C=O) groups excluding carboxylic acids is 1. The molecule has 0 atom stereocenters. The van der Waals surface area contributed by atoms with Gasteiger partial charge in [-0.3, -0.25) is 9.20 Å². The molecular weight excluding hydrogens is 380 g/mol. The summed E-state index contributed by atoms with van der Waals surface area (Å²) in [7, 11) is 0. The third-order valence-electron chi connectivity index (χ3n) is 3.79. The van der Waals surface area contributed by atoms with Crippen LogP contribution in [0.2, 0.25) is 0 Å². The summed E-state index contributed by atoms with van der Waals surface area (Å²) in [6, 6.07) is 11.4. The van der Waals surface area contributed by atoms with Gasteiger partial charge in [-0.1, -0.05) is 17.7 Å². The number of fused-ring (bicyclic) bond motifs is 1. The standard InChI is InChI=1S/C19H15BrN4O/c1-12-3-5-17(13(2)7-12)23-19(25)14(9-21)8-16-10-22-18-6-4-15(20)11-24(16)18/h3-8,10-11H,1-2H3,(H,23,25)/b14-8-. The maximum absolute atomic E-state index is 12.5. The highest BCUT2D eigenvalue weighted by atomic mass is 79.9. The van der Waals surface area contributed by atoms with Crippen LogP contribution in [0.5, 0.6) is 0 Å². The molecule has 0 aliphatic heterocycles. The zero-order chi connectivity index (χ0) is 18.0. The molecule has 0 unspecified atom stereocenters. The fourth-order valence-electron chi connectivity index (χ4n) is 2.52. The van der Waals surface area contributed by atoms with Gasteiger partial charge in [0.25, 0.3) is 5.91 Å². The molecule has 0 saturated heterocycles. The quantitative estimate of drug-likeness (QED) is 0.532. The lowest BCUT2D eigenvalue weighted by molar-refractivity contribution is -0.112. The van der Waals surface area contributed by atoms with Crippen molar-refractivity contribution in [3.8, 4) is 6.07 Å². The maximum atomic E-state index is 12.5. The van der Waals surface area contributed by atoms with Crippen molar-refractivity contribution in [2.75, 3.05) is 5.32 Å². The minimum atomic E-state index is -0.445. The van der Waals surface area contributed by atoms with E-state index in [0.717, 1.165) is 21.2 Å². The van der Waals surface area contributed by atoms with E-state index in [2.05, 4.69) is 26.2 Å². The predicted molar refractivity (Wildman–Crippen MR) is 101 cm³/mol. The van der Waals surface area contributed by atoms with Crippen molar-refractivity contribution in [3.63, 3.8) is 0 Å². The highest BCUT2D eigenvalue weighted by molar-refractivity contribution is 9.10. The van der Waals surface area contributed by atoms with Crippen LogP contribution in [0.15, 0.2) is 52.8 Å². The first kappa shape index (κ1) is 16.9. The number of nitriles is 1. The number of aryl methyl sites for hydroxylation is 2. The monoisotopic (exact) mass is 394 g/mol. The summed E-state index contributed by atoms with van der Waals surface area (Å²) in [5.41, 5.74) is 4.16. The van der Waals surface area contributed by atoms with Gasteiger partial charge >= 0.3 is 0 Å². The Morgan fingerprint density at radius 3 is 2.84 bits per heavy atom. The van der Waals surface area contributed by atoms with Gasteiger partial charge in [0.15, 0.2) is 0 Å². The van der Waals surface area contributed by atoms with Crippen molar-refractivity contribution in [2.45, 2.75) is 13.8 Å². The Kier molecular flexibility index (Phi) is 4.68. The average molecular weight is 395 g/mol. The summed E-state index contributed by atoms with van der Waals surface area (Å²) in [5, 5.41) is 12.2. The van der Waals surface area contributed by atoms with Crippen molar-refractivity contribution in [1.82, 2.24) is 9.38 Å². The van der Waals surface area contributed by atoms with Crippen LogP contribution in [0.3, 0.4) is 0 Å². The van der Waals surface area contributed by atoms with Crippen LogP contribution in [0, 0.1) is 25.2 Å². The zero-order valence-corrected chi connectivity index (χ0v) is 15.3. The second-order valence-corrected chi connectivity index (χ2v) is 6.62. The minimum Gasteiger partial charge on any atom is -0.321 e. The van der Waals surface area contributed by atoms with Crippen LogP contribution in [0.4, 0.5) is 5.69 Å². The van der Waals surface area contributed by atoms with Gasteiger partial charge in [0.1, 0.15) is 17.3 Å². The number of imidazole rings is 1. The summed E-state index contributed by atoms with van der Waals surface area (Å²) in [4.78, 5) is 16.7. The topological polar surface area (TPSA) is 70.2 Å². The highest BCUT2D eigenvalue weighted by Gasteiger charge is 2.12. The Labute approximate surface area is 153 Å². The van der Waals surface area contributed by atoms with Gasteiger partial charge in [0.2, 0.25) is 0 Å². The molecule has 0 aliphatic carbocycles. The Morgan fingerprint density at radius 1 is 1.32 bits per heavy atom. The lowest BCUT2D eigenvalue weighted by atomic mass is 10.1. The number of pyridine rings is 1. The summed E-state index contributed by atoms with van der Waals surface area (Å²) in [5.74, 6) is -0.445. The van der Waals surface area contributed by atoms with E-state index in [1.54, 1.807) is 6.20 Å². The molecule has 0 aliphatic rings. The number of amides is 1. The van der Waals surface area contributed by atoms with E-state index in [1.807, 2.05) is 60.8 Å². The van der Waals surface area contributed by atoms with E-state index in [4.69, 9.17) is 0 Å². The summed E-state index contributed by atoms with van der Waals surface area (Å²) in [6.45, 7) is 3.91. The smallest absolute Gasteiger partial charge is 0.266 e. The van der Waals surface area contributed by atoms with Gasteiger partial charge in [-0.25, -0.2) is 4.98 Å². The third-order valence-corrected chi connectivity index (χ3v) is 4.25. The van der Waals surface area contributed by atoms with Crippen LogP contribution in [0.25, 0.3) is 11.7 Å². The van der Waals surface area contributed by atoms with Crippen LogP contribution in [-0.2, 0) is 4.79 Å². The molecule has 124 valence electrons. The fraction of sp³-hybridized carbons (Fsp3) is 0.105. The summed E-state index contributed by atoms with van der Waals surface area (Å²) in [6.07, 6.45) is 5.00. The van der Waals surface area contributed by atoms with Crippen molar-refractivity contribution >= 4 is 39.2 Å². The molecule has 0 spiro atoms. The number of nitrogens with zero attached hydrogens (tertiary/aromatic N) is 3.